The molecular formula is C19H21F6N3O3. The average Bonchev–Trinajstić information content (AvgIpc) is 3.08. The van der Waals surface area contributed by atoms with Gasteiger partial charge in [0.2, 0.25) is 5.91 Å². The number of alkyl halides is 6. The quantitative estimate of drug-likeness (QED) is 0.645. The van der Waals surface area contributed by atoms with Crippen molar-refractivity contribution < 1.29 is 40.7 Å². The number of likely N-dealkylation sites (tertiary alicyclic amines) is 1. The Hall–Kier alpha value is -2.50. The Kier molecular flexibility index (Phi) is 6.40. The number of nitrogens with zero attached hydrogens (tertiary/aromatic N) is 2. The van der Waals surface area contributed by atoms with E-state index in [-0.39, 0.29) is 29.9 Å². The second-order valence-electron chi connectivity index (χ2n) is 7.84. The van der Waals surface area contributed by atoms with Gasteiger partial charge in [-0.15, -0.1) is 13.2 Å². The van der Waals surface area contributed by atoms with Crippen LogP contribution in [0, 0.1) is 17.8 Å². The molecule has 2 fully saturated rings. The number of amides is 2. The van der Waals surface area contributed by atoms with Crippen molar-refractivity contribution in [2.75, 3.05) is 39.8 Å². The van der Waals surface area contributed by atoms with Crippen molar-refractivity contribution in [1.29, 1.82) is 0 Å². The number of ether oxygens (including phenoxy) is 1. The van der Waals surface area contributed by atoms with Crippen LogP contribution in [0.25, 0.3) is 0 Å². The van der Waals surface area contributed by atoms with E-state index < -0.39 is 36.6 Å². The summed E-state index contributed by atoms with van der Waals surface area (Å²) in [6.07, 6.45) is -9.30. The van der Waals surface area contributed by atoms with E-state index in [9.17, 15) is 35.9 Å². The number of hydrogen-bond acceptors (Lipinski definition) is 4. The zero-order chi connectivity index (χ0) is 23.0. The fourth-order valence-corrected chi connectivity index (χ4v) is 3.98. The van der Waals surface area contributed by atoms with Crippen molar-refractivity contribution >= 4 is 11.8 Å². The van der Waals surface area contributed by atoms with Gasteiger partial charge in [0.15, 0.2) is 0 Å². The zero-order valence-electron chi connectivity index (χ0n) is 16.5. The Morgan fingerprint density at radius 3 is 2.39 bits per heavy atom. The van der Waals surface area contributed by atoms with E-state index in [1.165, 1.54) is 12.1 Å². The van der Waals surface area contributed by atoms with Crippen LogP contribution in [0.2, 0.25) is 0 Å². The zero-order valence-corrected chi connectivity index (χ0v) is 16.5. The van der Waals surface area contributed by atoms with Crippen LogP contribution in [-0.2, 0) is 4.79 Å². The highest BCUT2D eigenvalue weighted by Crippen LogP contribution is 2.51. The van der Waals surface area contributed by atoms with Gasteiger partial charge < -0.3 is 15.0 Å². The first-order valence-electron chi connectivity index (χ1n) is 9.49. The predicted molar refractivity (Wildman–Crippen MR) is 96.1 cm³/mol. The van der Waals surface area contributed by atoms with Crippen molar-refractivity contribution in [3.8, 4) is 5.75 Å². The number of halogens is 6. The van der Waals surface area contributed by atoms with Crippen molar-refractivity contribution in [2.45, 2.75) is 12.5 Å². The van der Waals surface area contributed by atoms with Gasteiger partial charge in [-0.05, 0) is 36.0 Å². The van der Waals surface area contributed by atoms with E-state index in [0.29, 0.717) is 24.5 Å². The summed E-state index contributed by atoms with van der Waals surface area (Å²) in [4.78, 5) is 26.6. The molecule has 12 heteroatoms. The summed E-state index contributed by atoms with van der Waals surface area (Å²) in [7, 11) is 1.11. The first-order valence-corrected chi connectivity index (χ1v) is 9.49. The fourth-order valence-electron chi connectivity index (χ4n) is 3.98. The molecule has 31 heavy (non-hydrogen) atoms. The molecule has 2 atom stereocenters. The van der Waals surface area contributed by atoms with Gasteiger partial charge in [0.05, 0.1) is 6.54 Å². The molecular weight excluding hydrogens is 432 g/mol. The Morgan fingerprint density at radius 1 is 1.16 bits per heavy atom. The maximum absolute atomic E-state index is 12.4. The largest absolute Gasteiger partial charge is 0.573 e. The Morgan fingerprint density at radius 2 is 1.81 bits per heavy atom. The molecule has 6 nitrogen and oxygen atoms in total. The summed E-state index contributed by atoms with van der Waals surface area (Å²) >= 11 is 0. The summed E-state index contributed by atoms with van der Waals surface area (Å²) < 4.78 is 77.8. The van der Waals surface area contributed by atoms with Gasteiger partial charge in [0.1, 0.15) is 12.3 Å². The number of likely N-dealkylation sites (N-methyl/N-ethyl adjacent to an activating group) is 1. The highest BCUT2D eigenvalue weighted by molar-refractivity contribution is 5.94. The number of carbonyl (C=O) groups excluding carboxylic acids is 2. The van der Waals surface area contributed by atoms with Crippen molar-refractivity contribution in [3.05, 3.63) is 29.8 Å². The second-order valence-corrected chi connectivity index (χ2v) is 7.84. The maximum Gasteiger partial charge on any atom is 0.573 e. The normalized spacial score (nSPS) is 23.3. The molecule has 1 aliphatic carbocycles. The smallest absolute Gasteiger partial charge is 0.406 e. The average molecular weight is 453 g/mol. The summed E-state index contributed by atoms with van der Waals surface area (Å²) in [5, 5.41) is 2.68. The molecule has 1 aromatic rings. The van der Waals surface area contributed by atoms with Gasteiger partial charge in [-0.25, -0.2) is 0 Å². The first-order chi connectivity index (χ1) is 14.3. The number of nitrogens with one attached hydrogen (secondary N) is 1. The minimum atomic E-state index is -4.85. The predicted octanol–water partition coefficient (Wildman–Crippen LogP) is 2.51. The number of rotatable bonds is 7. The van der Waals surface area contributed by atoms with E-state index >= 15 is 0 Å². The standard InChI is InChI=1S/C19H21F6N3O3/c1-27(10-18(20,21)22)16(29)9-28-7-14-13(15(14)8-28)6-26-17(30)11-3-2-4-12(5-11)31-19(23,24)25/h2-5,13-15H,6-10H2,1H3,(H,26,30). The lowest BCUT2D eigenvalue weighted by molar-refractivity contribution is -0.274. The van der Waals surface area contributed by atoms with Gasteiger partial charge >= 0.3 is 12.5 Å². The molecule has 2 amide bonds. The third-order valence-corrected chi connectivity index (χ3v) is 5.48. The monoisotopic (exact) mass is 453 g/mol. The minimum absolute atomic E-state index is 0.0347. The molecule has 2 unspecified atom stereocenters. The van der Waals surface area contributed by atoms with Crippen LogP contribution in [-0.4, -0.2) is 73.9 Å². The molecule has 0 bridgehead atoms. The number of hydrogen-bond donors (Lipinski definition) is 1. The number of benzene rings is 1. The molecule has 1 saturated heterocycles. The van der Waals surface area contributed by atoms with Crippen LogP contribution in [0.15, 0.2) is 24.3 Å². The van der Waals surface area contributed by atoms with Crippen LogP contribution < -0.4 is 10.1 Å². The molecule has 1 saturated carbocycles. The molecule has 1 heterocycles. The topological polar surface area (TPSA) is 61.9 Å². The lowest BCUT2D eigenvalue weighted by atomic mass is 10.2. The molecule has 0 spiro atoms. The number of piperidine rings is 1. The van der Waals surface area contributed by atoms with Crippen molar-refractivity contribution in [2.24, 2.45) is 17.8 Å². The Labute approximate surface area is 174 Å². The fraction of sp³-hybridized carbons (Fsp3) is 0.579. The summed E-state index contributed by atoms with van der Waals surface area (Å²) in [5.41, 5.74) is 0.0347. The minimum Gasteiger partial charge on any atom is -0.406 e. The van der Waals surface area contributed by atoms with Gasteiger partial charge in [-0.3, -0.25) is 14.5 Å². The number of fused-ring (bicyclic) bond motifs is 1. The Bertz CT molecular complexity index is 817. The van der Waals surface area contributed by atoms with Gasteiger partial charge in [-0.2, -0.15) is 13.2 Å². The van der Waals surface area contributed by atoms with Crippen LogP contribution in [0.1, 0.15) is 10.4 Å². The molecule has 0 aromatic heterocycles. The lowest BCUT2D eigenvalue weighted by Gasteiger charge is -2.24. The van der Waals surface area contributed by atoms with E-state index in [1.807, 2.05) is 0 Å². The maximum atomic E-state index is 12.4. The lowest BCUT2D eigenvalue weighted by Crippen LogP contribution is -2.42. The van der Waals surface area contributed by atoms with Gasteiger partial charge in [-0.1, -0.05) is 6.07 Å². The van der Waals surface area contributed by atoms with Crippen LogP contribution in [0.4, 0.5) is 26.3 Å². The molecule has 2 aliphatic rings. The third kappa shape index (κ3) is 6.49. The third-order valence-electron chi connectivity index (χ3n) is 5.48. The van der Waals surface area contributed by atoms with Gasteiger partial charge in [0.25, 0.3) is 5.91 Å². The SMILES string of the molecule is CN(CC(F)(F)F)C(=O)CN1CC2C(CNC(=O)c3cccc(OC(F)(F)F)c3)C2C1. The van der Waals surface area contributed by atoms with Crippen LogP contribution >= 0.6 is 0 Å². The highest BCUT2D eigenvalue weighted by Gasteiger charge is 2.55. The van der Waals surface area contributed by atoms with Gasteiger partial charge in [0, 0.05) is 32.2 Å². The molecule has 1 N–H and O–H groups in total. The second kappa shape index (κ2) is 8.56. The highest BCUT2D eigenvalue weighted by atomic mass is 19.4. The molecule has 1 aliphatic heterocycles. The molecule has 1 aromatic carbocycles. The van der Waals surface area contributed by atoms with Crippen molar-refractivity contribution in [3.63, 3.8) is 0 Å². The molecule has 0 radical (unpaired) electrons. The summed E-state index contributed by atoms with van der Waals surface area (Å²) in [6, 6.07) is 4.75. The number of carbonyl (C=O) groups is 2. The molecule has 3 rings (SSSR count). The first kappa shape index (κ1) is 23.2. The summed E-state index contributed by atoms with van der Waals surface area (Å²) in [6.45, 7) is 0.0345. The van der Waals surface area contributed by atoms with E-state index in [2.05, 4.69) is 10.1 Å². The van der Waals surface area contributed by atoms with Crippen molar-refractivity contribution in [1.82, 2.24) is 15.1 Å². The van der Waals surface area contributed by atoms with Crippen LogP contribution in [0.3, 0.4) is 0 Å². The Balaban J connectivity index is 1.41. The van der Waals surface area contributed by atoms with E-state index in [4.69, 9.17) is 0 Å². The van der Waals surface area contributed by atoms with E-state index in [1.54, 1.807) is 4.90 Å². The summed E-state index contributed by atoms with van der Waals surface area (Å²) in [5.74, 6) is -1.01. The van der Waals surface area contributed by atoms with Crippen LogP contribution in [0.5, 0.6) is 5.75 Å². The van der Waals surface area contributed by atoms with E-state index in [0.717, 1.165) is 19.2 Å². The molecule has 172 valence electrons.